The largest absolute Gasteiger partial charge is 0.368 e. The second-order valence-electron chi connectivity index (χ2n) is 5.56. The van der Waals surface area contributed by atoms with Gasteiger partial charge in [-0.25, -0.2) is 9.97 Å². The van der Waals surface area contributed by atoms with Gasteiger partial charge in [-0.15, -0.1) is 0 Å². The molecule has 0 saturated heterocycles. The third-order valence-corrected chi connectivity index (χ3v) is 4.29. The number of aryl methyl sites for hydroxylation is 3. The van der Waals surface area contributed by atoms with Crippen molar-refractivity contribution in [1.82, 2.24) is 24.9 Å². The number of nitrogen functional groups attached to an aromatic ring is 1. The van der Waals surface area contributed by atoms with Crippen LogP contribution in [0, 0.1) is 20.8 Å². The topological polar surface area (TPSA) is 102 Å². The first kappa shape index (κ1) is 17.1. The lowest BCUT2D eigenvalue weighted by Gasteiger charge is -2.09. The summed E-state index contributed by atoms with van der Waals surface area (Å²) in [7, 11) is 0. The molecule has 0 unspecified atom stereocenters. The zero-order chi connectivity index (χ0) is 17.8. The Kier molecular flexibility index (Phi) is 5.08. The molecule has 128 valence electrons. The van der Waals surface area contributed by atoms with Crippen molar-refractivity contribution in [3.8, 4) is 0 Å². The summed E-state index contributed by atoms with van der Waals surface area (Å²) < 4.78 is 0. The lowest BCUT2D eigenvalue weighted by atomic mass is 10.2. The maximum Gasteiger partial charge on any atom is 0.232 e. The molecule has 3 aromatic rings. The average molecular weight is 353 g/mol. The molecule has 3 N–H and O–H groups in total. The van der Waals surface area contributed by atoms with E-state index in [1.165, 1.54) is 0 Å². The van der Waals surface area contributed by atoms with Crippen molar-refractivity contribution >= 4 is 29.3 Å². The molecule has 25 heavy (non-hydrogen) atoms. The summed E-state index contributed by atoms with van der Waals surface area (Å²) in [5.41, 5.74) is 8.81. The molecule has 0 saturated carbocycles. The number of nitrogens with two attached hydrogens (primary N) is 1. The van der Waals surface area contributed by atoms with Gasteiger partial charge in [-0.1, -0.05) is 30.0 Å². The Morgan fingerprint density at radius 2 is 1.80 bits per heavy atom. The number of thioether (sulfide) groups is 1. The van der Waals surface area contributed by atoms with Crippen molar-refractivity contribution in [2.45, 2.75) is 31.6 Å². The van der Waals surface area contributed by atoms with E-state index in [0.717, 1.165) is 27.8 Å². The third kappa shape index (κ3) is 4.63. The van der Waals surface area contributed by atoms with Crippen molar-refractivity contribution < 1.29 is 0 Å². The zero-order valence-corrected chi connectivity index (χ0v) is 15.1. The lowest BCUT2D eigenvalue weighted by Crippen LogP contribution is -2.07. The predicted octanol–water partition coefficient (Wildman–Crippen LogP) is 3.20. The lowest BCUT2D eigenvalue weighted by molar-refractivity contribution is 0.931. The molecule has 2 heterocycles. The minimum atomic E-state index is 0.191. The molecule has 1 aromatic carbocycles. The fraction of sp³-hybridized carbons (Fsp3) is 0.235. The van der Waals surface area contributed by atoms with Crippen LogP contribution in [0.25, 0.3) is 0 Å². The van der Waals surface area contributed by atoms with Gasteiger partial charge in [0.2, 0.25) is 11.9 Å². The van der Waals surface area contributed by atoms with Crippen molar-refractivity contribution in [3.05, 3.63) is 53.2 Å². The first-order valence-electron chi connectivity index (χ1n) is 7.78. The van der Waals surface area contributed by atoms with Gasteiger partial charge in [0.25, 0.3) is 0 Å². The highest BCUT2D eigenvalue weighted by Crippen LogP contribution is 2.22. The molecule has 2 aromatic heterocycles. The first-order chi connectivity index (χ1) is 12.0. The van der Waals surface area contributed by atoms with Crippen LogP contribution in [-0.2, 0) is 5.75 Å². The molecule has 7 nitrogen and oxygen atoms in total. The van der Waals surface area contributed by atoms with Gasteiger partial charge in [-0.3, -0.25) is 0 Å². The molecule has 0 bridgehead atoms. The van der Waals surface area contributed by atoms with Gasteiger partial charge < -0.3 is 11.1 Å². The van der Waals surface area contributed by atoms with E-state index in [1.54, 1.807) is 11.8 Å². The van der Waals surface area contributed by atoms with E-state index < -0.39 is 0 Å². The molecule has 0 spiro atoms. The van der Waals surface area contributed by atoms with Crippen LogP contribution in [0.15, 0.2) is 35.4 Å². The Bertz CT molecular complexity index is 878. The van der Waals surface area contributed by atoms with E-state index in [1.807, 2.05) is 51.1 Å². The van der Waals surface area contributed by atoms with Crippen LogP contribution in [-0.4, -0.2) is 24.9 Å². The van der Waals surface area contributed by atoms with Gasteiger partial charge in [-0.2, -0.15) is 15.0 Å². The van der Waals surface area contributed by atoms with Gasteiger partial charge in [-0.05, 0) is 38.5 Å². The Morgan fingerprint density at radius 1 is 1.00 bits per heavy atom. The van der Waals surface area contributed by atoms with Crippen molar-refractivity contribution in [2.75, 3.05) is 11.1 Å². The number of nitrogens with one attached hydrogen (secondary N) is 1. The van der Waals surface area contributed by atoms with Crippen LogP contribution in [0.5, 0.6) is 0 Å². The summed E-state index contributed by atoms with van der Waals surface area (Å²) in [6.45, 7) is 5.84. The van der Waals surface area contributed by atoms with E-state index >= 15 is 0 Å². The molecule has 0 atom stereocenters. The van der Waals surface area contributed by atoms with Gasteiger partial charge in [0.1, 0.15) is 16.7 Å². The molecule has 0 radical (unpaired) electrons. The summed E-state index contributed by atoms with van der Waals surface area (Å²) in [5, 5.41) is 4.08. The van der Waals surface area contributed by atoms with E-state index in [-0.39, 0.29) is 5.95 Å². The predicted molar refractivity (Wildman–Crippen MR) is 99.8 cm³/mol. The number of benzene rings is 1. The zero-order valence-electron chi connectivity index (χ0n) is 14.3. The number of rotatable bonds is 5. The van der Waals surface area contributed by atoms with Gasteiger partial charge in [0.05, 0.1) is 5.75 Å². The molecule has 0 fully saturated rings. The number of anilines is 3. The van der Waals surface area contributed by atoms with Gasteiger partial charge in [0.15, 0.2) is 0 Å². The van der Waals surface area contributed by atoms with Crippen LogP contribution in [0.2, 0.25) is 0 Å². The Hall–Kier alpha value is -2.74. The van der Waals surface area contributed by atoms with Crippen molar-refractivity contribution in [1.29, 1.82) is 0 Å². The van der Waals surface area contributed by atoms with Crippen LogP contribution < -0.4 is 11.1 Å². The van der Waals surface area contributed by atoms with Crippen molar-refractivity contribution in [3.63, 3.8) is 0 Å². The monoisotopic (exact) mass is 353 g/mol. The Labute approximate surface area is 150 Å². The second-order valence-corrected chi connectivity index (χ2v) is 6.55. The van der Waals surface area contributed by atoms with E-state index in [4.69, 9.17) is 5.73 Å². The third-order valence-electron chi connectivity index (χ3n) is 3.38. The first-order valence-corrected chi connectivity index (χ1v) is 8.76. The summed E-state index contributed by atoms with van der Waals surface area (Å²) >= 11 is 1.54. The van der Waals surface area contributed by atoms with Crippen molar-refractivity contribution in [2.24, 2.45) is 0 Å². The number of hydrogen-bond donors (Lipinski definition) is 2. The summed E-state index contributed by atoms with van der Waals surface area (Å²) in [5.74, 6) is 2.52. The molecular formula is C17H19N7S. The second kappa shape index (κ2) is 7.43. The molecule has 0 aliphatic carbocycles. The van der Waals surface area contributed by atoms with E-state index in [9.17, 15) is 0 Å². The molecule has 0 amide bonds. The average Bonchev–Trinajstić information content (AvgIpc) is 2.54. The van der Waals surface area contributed by atoms with E-state index in [2.05, 4.69) is 30.2 Å². The highest BCUT2D eigenvalue weighted by atomic mass is 32.2. The highest BCUT2D eigenvalue weighted by Gasteiger charge is 2.08. The Balaban J connectivity index is 1.76. The number of aromatic nitrogens is 5. The molecule has 8 heteroatoms. The molecule has 0 aliphatic rings. The Morgan fingerprint density at radius 3 is 2.56 bits per heavy atom. The van der Waals surface area contributed by atoms with Crippen LogP contribution in [0.3, 0.4) is 0 Å². The highest BCUT2D eigenvalue weighted by molar-refractivity contribution is 7.98. The van der Waals surface area contributed by atoms with Crippen LogP contribution in [0.4, 0.5) is 17.6 Å². The number of nitrogens with zero attached hydrogens (tertiary/aromatic N) is 5. The summed E-state index contributed by atoms with van der Waals surface area (Å²) in [6, 6.07) is 9.86. The van der Waals surface area contributed by atoms with E-state index in [0.29, 0.717) is 17.5 Å². The molecule has 3 rings (SSSR count). The summed E-state index contributed by atoms with van der Waals surface area (Å²) in [4.78, 5) is 21.5. The maximum atomic E-state index is 5.83. The van der Waals surface area contributed by atoms with Gasteiger partial charge in [0, 0.05) is 11.4 Å². The van der Waals surface area contributed by atoms with Gasteiger partial charge >= 0.3 is 0 Å². The van der Waals surface area contributed by atoms with Crippen LogP contribution in [0.1, 0.15) is 22.9 Å². The normalized spacial score (nSPS) is 10.7. The summed E-state index contributed by atoms with van der Waals surface area (Å²) in [6.07, 6.45) is 0. The maximum absolute atomic E-state index is 5.83. The SMILES string of the molecule is Cc1cc(SCc2nc(N)nc(Nc3ccccc3C)n2)nc(C)n1. The molecular weight excluding hydrogens is 334 g/mol. The number of hydrogen-bond acceptors (Lipinski definition) is 8. The van der Waals surface area contributed by atoms with Crippen LogP contribution >= 0.6 is 11.8 Å². The quantitative estimate of drug-likeness (QED) is 0.532. The fourth-order valence-electron chi connectivity index (χ4n) is 2.29. The minimum Gasteiger partial charge on any atom is -0.368 e. The fourth-order valence-corrected chi connectivity index (χ4v) is 3.14. The number of para-hydroxylation sites is 1. The standard InChI is InChI=1S/C17H19N7S/c1-10-6-4-5-7-13(10)21-17-23-14(22-16(18)24-17)9-25-15-8-11(2)19-12(3)20-15/h4-8H,9H2,1-3H3,(H3,18,21,22,23,24). The smallest absolute Gasteiger partial charge is 0.232 e. The molecule has 0 aliphatic heterocycles. The minimum absolute atomic E-state index is 0.191.